The maximum absolute atomic E-state index is 12.0. The van der Waals surface area contributed by atoms with Crippen LogP contribution in [0.2, 0.25) is 0 Å². The molecule has 0 fully saturated rings. The van der Waals surface area contributed by atoms with Gasteiger partial charge in [-0.3, -0.25) is 0 Å². The number of aromatic nitrogens is 2. The second kappa shape index (κ2) is 11.1. The minimum Gasteiger partial charge on any atom is -0.490 e. The Hall–Kier alpha value is -3.19. The van der Waals surface area contributed by atoms with Gasteiger partial charge in [0, 0.05) is 13.0 Å². The van der Waals surface area contributed by atoms with Crippen molar-refractivity contribution in [3.63, 3.8) is 0 Å². The van der Waals surface area contributed by atoms with Crippen LogP contribution in [0.4, 0.5) is 0 Å². The normalized spacial score (nSPS) is 11.8. The van der Waals surface area contributed by atoms with Gasteiger partial charge >= 0.3 is 5.97 Å². The number of nitrogens with zero attached hydrogens (tertiary/aromatic N) is 2. The van der Waals surface area contributed by atoms with Crippen LogP contribution in [0.15, 0.2) is 54.9 Å². The summed E-state index contributed by atoms with van der Waals surface area (Å²) in [5.41, 5.74) is 1.81. The first-order valence-electron chi connectivity index (χ1n) is 10.0. The Morgan fingerprint density at radius 3 is 2.47 bits per heavy atom. The number of hydrogen-bond donors (Lipinski definition) is 0. The van der Waals surface area contributed by atoms with Gasteiger partial charge in [0.05, 0.1) is 17.5 Å². The van der Waals surface area contributed by atoms with Crippen LogP contribution in [-0.2, 0) is 20.7 Å². The third kappa shape index (κ3) is 5.90. The molecule has 158 valence electrons. The van der Waals surface area contributed by atoms with E-state index in [4.69, 9.17) is 18.9 Å². The molecule has 2 aromatic carbocycles. The molecule has 7 nitrogen and oxygen atoms in total. The zero-order chi connectivity index (χ0) is 21.2. The molecule has 0 amide bonds. The van der Waals surface area contributed by atoms with E-state index < -0.39 is 6.10 Å². The first-order chi connectivity index (χ1) is 14.7. The van der Waals surface area contributed by atoms with Gasteiger partial charge < -0.3 is 18.9 Å². The van der Waals surface area contributed by atoms with Gasteiger partial charge in [-0.25, -0.2) is 14.8 Å². The molecule has 0 saturated carbocycles. The highest BCUT2D eigenvalue weighted by molar-refractivity contribution is 5.82. The summed E-state index contributed by atoms with van der Waals surface area (Å²) in [6.07, 6.45) is 1.35. The van der Waals surface area contributed by atoms with Crippen molar-refractivity contribution in [2.75, 3.05) is 26.4 Å². The lowest BCUT2D eigenvalue weighted by molar-refractivity contribution is -0.156. The number of carbonyl (C=O) groups is 1. The Morgan fingerprint density at radius 1 is 0.933 bits per heavy atom. The lowest BCUT2D eigenvalue weighted by Crippen LogP contribution is -2.28. The Morgan fingerprint density at radius 2 is 1.70 bits per heavy atom. The summed E-state index contributed by atoms with van der Waals surface area (Å²) in [5, 5.41) is 0.870. The molecule has 0 aliphatic heterocycles. The quantitative estimate of drug-likeness (QED) is 0.353. The number of para-hydroxylation sites is 1. The molecule has 3 aromatic rings. The van der Waals surface area contributed by atoms with Gasteiger partial charge in [0.25, 0.3) is 0 Å². The van der Waals surface area contributed by atoms with Crippen LogP contribution in [0.3, 0.4) is 0 Å². The minimum absolute atomic E-state index is 0.335. The van der Waals surface area contributed by atoms with Crippen molar-refractivity contribution in [2.24, 2.45) is 0 Å². The van der Waals surface area contributed by atoms with Crippen LogP contribution in [0.1, 0.15) is 19.4 Å². The lowest BCUT2D eigenvalue weighted by Gasteiger charge is -2.16. The molecule has 1 aromatic heterocycles. The predicted octanol–water partition coefficient (Wildman–Crippen LogP) is 3.60. The number of benzene rings is 2. The van der Waals surface area contributed by atoms with Crippen molar-refractivity contribution in [1.82, 2.24) is 9.97 Å². The largest absolute Gasteiger partial charge is 0.490 e. The molecule has 0 spiro atoms. The summed E-state index contributed by atoms with van der Waals surface area (Å²) in [7, 11) is 0. The van der Waals surface area contributed by atoms with Crippen LogP contribution >= 0.6 is 0 Å². The van der Waals surface area contributed by atoms with Gasteiger partial charge in [-0.15, -0.1) is 0 Å². The van der Waals surface area contributed by atoms with Gasteiger partial charge in [-0.1, -0.05) is 24.3 Å². The fourth-order valence-corrected chi connectivity index (χ4v) is 2.98. The second-order valence-corrected chi connectivity index (χ2v) is 6.44. The lowest BCUT2D eigenvalue weighted by atomic mass is 10.1. The van der Waals surface area contributed by atoms with Gasteiger partial charge in [0.1, 0.15) is 25.3 Å². The maximum Gasteiger partial charge on any atom is 0.335 e. The summed E-state index contributed by atoms with van der Waals surface area (Å²) in [6.45, 7) is 5.16. The van der Waals surface area contributed by atoms with Gasteiger partial charge in [-0.05, 0) is 43.7 Å². The fraction of sp³-hybridized carbons (Fsp3) is 0.348. The molecule has 0 aliphatic carbocycles. The van der Waals surface area contributed by atoms with Crippen LogP contribution in [0.5, 0.6) is 11.6 Å². The monoisotopic (exact) mass is 410 g/mol. The van der Waals surface area contributed by atoms with Crippen LogP contribution < -0.4 is 9.47 Å². The predicted molar refractivity (Wildman–Crippen MR) is 113 cm³/mol. The molecular weight excluding hydrogens is 384 g/mol. The Labute approximate surface area is 176 Å². The average molecular weight is 410 g/mol. The van der Waals surface area contributed by atoms with E-state index in [9.17, 15) is 4.79 Å². The van der Waals surface area contributed by atoms with Crippen LogP contribution in [0, 0.1) is 0 Å². The topological polar surface area (TPSA) is 79.8 Å². The Kier molecular flexibility index (Phi) is 7.97. The van der Waals surface area contributed by atoms with E-state index in [1.165, 1.54) is 6.33 Å². The average Bonchev–Trinajstić information content (AvgIpc) is 2.77. The summed E-state index contributed by atoms with van der Waals surface area (Å²) >= 11 is 0. The van der Waals surface area contributed by atoms with Crippen molar-refractivity contribution >= 4 is 16.9 Å². The molecule has 1 heterocycles. The van der Waals surface area contributed by atoms with Gasteiger partial charge in [0.2, 0.25) is 5.88 Å². The molecule has 0 unspecified atom stereocenters. The van der Waals surface area contributed by atoms with Crippen molar-refractivity contribution < 1.29 is 23.7 Å². The van der Waals surface area contributed by atoms with E-state index in [0.717, 1.165) is 22.2 Å². The van der Waals surface area contributed by atoms with Crippen LogP contribution in [0.25, 0.3) is 10.9 Å². The van der Waals surface area contributed by atoms with Crippen molar-refractivity contribution in [1.29, 1.82) is 0 Å². The minimum atomic E-state index is -0.599. The SMILES string of the molecule is CCOC(=O)[C@H](Cc1ccc(OCCOc2ncnc3ccccc23)cc1)OCC. The Balaban J connectivity index is 1.49. The fourth-order valence-electron chi connectivity index (χ4n) is 2.98. The standard InChI is InChI=1S/C23H26N2O5/c1-3-27-21(23(26)28-4-2)15-17-9-11-18(12-10-17)29-13-14-30-22-19-7-5-6-8-20(19)24-16-25-22/h5-12,16,21H,3-4,13-15H2,1-2H3/t21-/m0/s1. The smallest absolute Gasteiger partial charge is 0.335 e. The van der Waals surface area contributed by atoms with E-state index >= 15 is 0 Å². The molecule has 7 heteroatoms. The molecule has 1 atom stereocenters. The second-order valence-electron chi connectivity index (χ2n) is 6.44. The number of rotatable bonds is 11. The molecule has 3 rings (SSSR count). The summed E-state index contributed by atoms with van der Waals surface area (Å²) in [5.74, 6) is 0.925. The molecule has 0 bridgehead atoms. The third-order valence-corrected chi connectivity index (χ3v) is 4.36. The number of ether oxygens (including phenoxy) is 4. The van der Waals surface area contributed by atoms with E-state index in [2.05, 4.69) is 9.97 Å². The van der Waals surface area contributed by atoms with E-state index in [1.54, 1.807) is 6.92 Å². The van der Waals surface area contributed by atoms with Crippen molar-refractivity contribution in [2.45, 2.75) is 26.4 Å². The third-order valence-electron chi connectivity index (χ3n) is 4.36. The zero-order valence-electron chi connectivity index (χ0n) is 17.2. The number of carbonyl (C=O) groups excluding carboxylic acids is 1. The molecular formula is C23H26N2O5. The first-order valence-corrected chi connectivity index (χ1v) is 10.0. The summed E-state index contributed by atoms with van der Waals surface area (Å²) in [4.78, 5) is 20.4. The van der Waals surface area contributed by atoms with E-state index in [0.29, 0.717) is 38.7 Å². The number of hydrogen-bond acceptors (Lipinski definition) is 7. The number of esters is 1. The van der Waals surface area contributed by atoms with Crippen LogP contribution in [-0.4, -0.2) is 48.5 Å². The van der Waals surface area contributed by atoms with E-state index in [1.807, 2.05) is 55.5 Å². The molecule has 0 saturated heterocycles. The highest BCUT2D eigenvalue weighted by atomic mass is 16.6. The van der Waals surface area contributed by atoms with Crippen molar-refractivity contribution in [3.05, 3.63) is 60.4 Å². The molecule has 0 radical (unpaired) electrons. The zero-order valence-corrected chi connectivity index (χ0v) is 17.2. The number of fused-ring (bicyclic) bond motifs is 1. The van der Waals surface area contributed by atoms with Gasteiger partial charge in [-0.2, -0.15) is 0 Å². The van der Waals surface area contributed by atoms with E-state index in [-0.39, 0.29) is 5.97 Å². The first kappa shape index (κ1) is 21.5. The maximum atomic E-state index is 12.0. The summed E-state index contributed by atoms with van der Waals surface area (Å²) < 4.78 is 22.1. The van der Waals surface area contributed by atoms with Gasteiger partial charge in [0.15, 0.2) is 6.10 Å². The highest BCUT2D eigenvalue weighted by Crippen LogP contribution is 2.20. The highest BCUT2D eigenvalue weighted by Gasteiger charge is 2.20. The molecule has 0 N–H and O–H groups in total. The summed E-state index contributed by atoms with van der Waals surface area (Å²) in [6, 6.07) is 15.3. The van der Waals surface area contributed by atoms with Crippen molar-refractivity contribution in [3.8, 4) is 11.6 Å². The Bertz CT molecular complexity index is 940. The molecule has 0 aliphatic rings. The molecule has 30 heavy (non-hydrogen) atoms.